The zero-order valence-electron chi connectivity index (χ0n) is 30.2. The van der Waals surface area contributed by atoms with Crippen LogP contribution in [0.4, 0.5) is 20.6 Å². The van der Waals surface area contributed by atoms with Crippen LogP contribution in [0.3, 0.4) is 0 Å². The van der Waals surface area contributed by atoms with Gasteiger partial charge in [0.15, 0.2) is 23.1 Å². The quantitative estimate of drug-likeness (QED) is 0.204. The maximum atomic E-state index is 15.6. The number of phenolic OH excluding ortho intramolecular Hbond substituents is 1. The molecule has 1 saturated heterocycles. The molecule has 0 radical (unpaired) electrons. The molecule has 1 fully saturated rings. The van der Waals surface area contributed by atoms with Gasteiger partial charge in [-0.1, -0.05) is 24.3 Å². The number of aromatic hydroxyl groups is 1. The third kappa shape index (κ3) is 7.90. The van der Waals surface area contributed by atoms with Crippen LogP contribution >= 0.6 is 12.4 Å². The number of benzene rings is 4. The van der Waals surface area contributed by atoms with Crippen LogP contribution in [-0.4, -0.2) is 84.1 Å². The fraction of sp³-hybridized carbons (Fsp3) is 0.268. The van der Waals surface area contributed by atoms with Crippen molar-refractivity contribution in [2.75, 3.05) is 51.1 Å². The van der Waals surface area contributed by atoms with Crippen LogP contribution in [0.2, 0.25) is 0 Å². The maximum absolute atomic E-state index is 15.6. The van der Waals surface area contributed by atoms with Gasteiger partial charge in [0.2, 0.25) is 6.79 Å². The minimum Gasteiger partial charge on any atom is -0.508 e. The van der Waals surface area contributed by atoms with Gasteiger partial charge in [0.1, 0.15) is 12.4 Å². The van der Waals surface area contributed by atoms with Crippen molar-refractivity contribution in [1.29, 1.82) is 0 Å². The van der Waals surface area contributed by atoms with Gasteiger partial charge in [-0.2, -0.15) is 0 Å². The third-order valence-corrected chi connectivity index (χ3v) is 9.99. The molecule has 4 heterocycles. The minimum absolute atomic E-state index is 0. The van der Waals surface area contributed by atoms with Crippen LogP contribution in [0.15, 0.2) is 97.2 Å². The molecule has 4 aliphatic heterocycles. The molecule has 0 unspecified atom stereocenters. The number of phenols is 1. The van der Waals surface area contributed by atoms with Crippen LogP contribution in [0.25, 0.3) is 5.70 Å². The molecule has 8 rings (SSSR count). The highest BCUT2D eigenvalue weighted by atomic mass is 35.5. The third-order valence-electron chi connectivity index (χ3n) is 9.99. The number of nitrogens with zero attached hydrogens (tertiary/aromatic N) is 4. The van der Waals surface area contributed by atoms with Gasteiger partial charge < -0.3 is 29.0 Å². The molecule has 0 aromatic heterocycles. The summed E-state index contributed by atoms with van der Waals surface area (Å²) in [5.41, 5.74) is 7.45. The molecule has 55 heavy (non-hydrogen) atoms. The van der Waals surface area contributed by atoms with Gasteiger partial charge in [-0.05, 0) is 85.2 Å². The van der Waals surface area contributed by atoms with Gasteiger partial charge in [0, 0.05) is 50.1 Å². The summed E-state index contributed by atoms with van der Waals surface area (Å²) in [6.45, 7) is 6.34. The van der Waals surface area contributed by atoms with E-state index < -0.39 is 11.8 Å². The molecule has 0 aliphatic carbocycles. The van der Waals surface area contributed by atoms with Crippen molar-refractivity contribution in [2.24, 2.45) is 0 Å². The number of halogens is 2. The molecule has 4 aromatic rings. The summed E-state index contributed by atoms with van der Waals surface area (Å²) < 4.78 is 38.2. The molecule has 3 amide bonds. The summed E-state index contributed by atoms with van der Waals surface area (Å²) in [7, 11) is 0. The standard InChI is InChI=1S/C41H40FN5O7.ClH/c1-27-21-28-5-2-3-6-29(28)25-45(27)40(49)34-24-39-38(53-26-54-39)23-33(34)36-7-4-14-46(43-36)41(50)47(30-8-11-32(48)12-9-30)31-10-13-37(35(42)22-31)52-20-17-44-15-18-51-19-16-44;/h2-14,22-24,27,43,48H,15-21,25-26H2,1H3;1H/t27-;/m1./s1. The Labute approximate surface area is 324 Å². The van der Waals surface area contributed by atoms with Gasteiger partial charge in [-0.3, -0.25) is 20.0 Å². The summed E-state index contributed by atoms with van der Waals surface area (Å²) in [5.74, 6) is 0.191. The highest BCUT2D eigenvalue weighted by Crippen LogP contribution is 2.39. The Morgan fingerprint density at radius 2 is 1.69 bits per heavy atom. The first-order chi connectivity index (χ1) is 26.3. The Hall–Kier alpha value is -5.76. The van der Waals surface area contributed by atoms with Gasteiger partial charge in [-0.25, -0.2) is 14.2 Å². The molecule has 14 heteroatoms. The van der Waals surface area contributed by atoms with Crippen molar-refractivity contribution in [3.63, 3.8) is 0 Å². The number of allylic oxidation sites excluding steroid dienone is 2. The van der Waals surface area contributed by atoms with Crippen molar-refractivity contribution >= 4 is 41.4 Å². The van der Waals surface area contributed by atoms with Crippen molar-refractivity contribution in [3.05, 3.63) is 125 Å². The number of urea groups is 1. The second kappa shape index (κ2) is 16.3. The van der Waals surface area contributed by atoms with Crippen molar-refractivity contribution in [1.82, 2.24) is 20.2 Å². The number of morpholine rings is 1. The van der Waals surface area contributed by atoms with Gasteiger partial charge >= 0.3 is 6.03 Å². The molecule has 4 aromatic carbocycles. The fourth-order valence-electron chi connectivity index (χ4n) is 7.07. The van der Waals surface area contributed by atoms with Gasteiger partial charge in [0.05, 0.1) is 35.8 Å². The number of fused-ring (bicyclic) bond motifs is 2. The van der Waals surface area contributed by atoms with E-state index >= 15 is 4.39 Å². The van der Waals surface area contributed by atoms with E-state index in [0.717, 1.165) is 25.1 Å². The summed E-state index contributed by atoms with van der Waals surface area (Å²) >= 11 is 0. The Kier molecular flexibility index (Phi) is 11.1. The van der Waals surface area contributed by atoms with E-state index in [0.29, 0.717) is 66.9 Å². The number of amides is 3. The fourth-order valence-corrected chi connectivity index (χ4v) is 7.07. The molecule has 286 valence electrons. The monoisotopic (exact) mass is 769 g/mol. The Morgan fingerprint density at radius 3 is 2.45 bits per heavy atom. The zero-order valence-corrected chi connectivity index (χ0v) is 31.0. The topological polar surface area (TPSA) is 116 Å². The van der Waals surface area contributed by atoms with Crippen molar-refractivity contribution in [2.45, 2.75) is 25.9 Å². The van der Waals surface area contributed by atoms with E-state index in [1.54, 1.807) is 42.5 Å². The second-order valence-electron chi connectivity index (χ2n) is 13.5. The average molecular weight is 770 g/mol. The number of ether oxygens (including phenoxy) is 4. The summed E-state index contributed by atoms with van der Waals surface area (Å²) in [6.07, 6.45) is 5.71. The second-order valence-corrected chi connectivity index (χ2v) is 13.5. The number of hydrazine groups is 1. The first kappa shape index (κ1) is 37.6. The van der Waals surface area contributed by atoms with E-state index in [4.69, 9.17) is 18.9 Å². The number of hydrogen-bond donors (Lipinski definition) is 2. The molecule has 0 spiro atoms. The molecular formula is C41H41ClFN5O7. The largest absolute Gasteiger partial charge is 0.508 e. The van der Waals surface area contributed by atoms with Crippen LogP contribution in [0, 0.1) is 5.82 Å². The maximum Gasteiger partial charge on any atom is 0.351 e. The van der Waals surface area contributed by atoms with Gasteiger partial charge in [-0.15, -0.1) is 12.4 Å². The normalized spacial score (nSPS) is 17.4. The SMILES string of the molecule is C[C@@H]1Cc2ccccc2CN1C(=O)c1cc2c(cc1C1=CC=CN(C(=O)N(c3ccc(O)cc3)c3ccc(OCCN4CCOCC4)c(F)c3)N1)OCO2.Cl. The highest BCUT2D eigenvalue weighted by Gasteiger charge is 2.33. The van der Waals surface area contributed by atoms with E-state index in [1.807, 2.05) is 30.0 Å². The van der Waals surface area contributed by atoms with Crippen LogP contribution in [0.1, 0.15) is 34.0 Å². The number of hydrogen-bond acceptors (Lipinski definition) is 9. The summed E-state index contributed by atoms with van der Waals surface area (Å²) in [4.78, 5) is 34.2. The highest BCUT2D eigenvalue weighted by molar-refractivity contribution is 6.02. The molecular weight excluding hydrogens is 729 g/mol. The predicted octanol–water partition coefficient (Wildman–Crippen LogP) is 6.61. The number of carbonyl (C=O) groups excluding carboxylic acids is 2. The number of anilines is 2. The first-order valence-corrected chi connectivity index (χ1v) is 17.9. The number of carbonyl (C=O) groups is 2. The molecule has 1 atom stereocenters. The van der Waals surface area contributed by atoms with E-state index in [2.05, 4.69) is 16.4 Å². The molecule has 12 nitrogen and oxygen atoms in total. The smallest absolute Gasteiger partial charge is 0.351 e. The van der Waals surface area contributed by atoms with E-state index in [1.165, 1.54) is 45.9 Å². The Morgan fingerprint density at radius 1 is 0.964 bits per heavy atom. The first-order valence-electron chi connectivity index (χ1n) is 17.9. The summed E-state index contributed by atoms with van der Waals surface area (Å²) in [5, 5.41) is 11.3. The van der Waals surface area contributed by atoms with E-state index in [9.17, 15) is 14.7 Å². The average Bonchev–Trinajstić information content (AvgIpc) is 3.67. The number of nitrogens with one attached hydrogen (secondary N) is 1. The molecule has 0 bridgehead atoms. The zero-order chi connectivity index (χ0) is 37.2. The minimum atomic E-state index is -0.633. The van der Waals surface area contributed by atoms with Gasteiger partial charge in [0.25, 0.3) is 5.91 Å². The predicted molar refractivity (Wildman–Crippen MR) is 206 cm³/mol. The Balaban J connectivity index is 0.00000465. The van der Waals surface area contributed by atoms with E-state index in [-0.39, 0.29) is 48.3 Å². The lowest BCUT2D eigenvalue weighted by molar-refractivity contribution is 0.0320. The number of rotatable bonds is 8. The Bertz CT molecular complexity index is 2120. The summed E-state index contributed by atoms with van der Waals surface area (Å²) in [6, 6.07) is 21.3. The van der Waals surface area contributed by atoms with Crippen LogP contribution < -0.4 is 24.5 Å². The lowest BCUT2D eigenvalue weighted by Crippen LogP contribution is -2.46. The van der Waals surface area contributed by atoms with Crippen LogP contribution in [-0.2, 0) is 17.7 Å². The van der Waals surface area contributed by atoms with Crippen molar-refractivity contribution < 1.29 is 38.0 Å². The lowest BCUT2D eigenvalue weighted by Gasteiger charge is -2.36. The molecule has 0 saturated carbocycles. The van der Waals surface area contributed by atoms with Crippen molar-refractivity contribution in [3.8, 4) is 23.0 Å². The lowest BCUT2D eigenvalue weighted by atomic mass is 9.93. The molecule has 2 N–H and O–H groups in total. The molecule has 4 aliphatic rings. The van der Waals surface area contributed by atoms with Crippen LogP contribution in [0.5, 0.6) is 23.0 Å².